The Labute approximate surface area is 190 Å². The van der Waals surface area contributed by atoms with Crippen LogP contribution in [-0.2, 0) is 6.54 Å². The lowest BCUT2D eigenvalue weighted by molar-refractivity contribution is 1.04. The summed E-state index contributed by atoms with van der Waals surface area (Å²) in [5.74, 6) is 7.54. The van der Waals surface area contributed by atoms with Crippen LogP contribution >= 0.6 is 0 Å². The minimum absolute atomic E-state index is 0.235. The Morgan fingerprint density at radius 1 is 1.27 bits per heavy atom. The van der Waals surface area contributed by atoms with Crippen molar-refractivity contribution in [3.05, 3.63) is 82.2 Å². The van der Waals surface area contributed by atoms with E-state index >= 15 is 0 Å². The summed E-state index contributed by atoms with van der Waals surface area (Å²) in [5, 5.41) is 13.0. The summed E-state index contributed by atoms with van der Waals surface area (Å²) in [6.07, 6.45) is 8.19. The van der Waals surface area contributed by atoms with E-state index in [1.54, 1.807) is 12.4 Å². The van der Waals surface area contributed by atoms with E-state index in [4.69, 9.17) is 16.1 Å². The van der Waals surface area contributed by atoms with Crippen molar-refractivity contribution >= 4 is 39.3 Å². The number of fused-ring (bicyclic) bond motifs is 3. The second-order valence-electron chi connectivity index (χ2n) is 7.96. The van der Waals surface area contributed by atoms with Crippen LogP contribution in [0.2, 0.25) is 0 Å². The molecule has 7 nitrogen and oxygen atoms in total. The Morgan fingerprint density at radius 2 is 2.15 bits per heavy atom. The molecule has 0 atom stereocenters. The number of allylic oxidation sites excluding steroid dienone is 1. The topological polar surface area (TPSA) is 121 Å². The van der Waals surface area contributed by atoms with E-state index in [1.807, 2.05) is 36.4 Å². The maximum Gasteiger partial charge on any atom is 0.258 e. The third-order valence-corrected chi connectivity index (χ3v) is 5.65. The number of nitrogens with two attached hydrogens (primary N) is 1. The zero-order chi connectivity index (χ0) is 22.8. The normalized spacial score (nSPS) is 13.5. The van der Waals surface area contributed by atoms with Gasteiger partial charge in [0, 0.05) is 47.1 Å². The Balaban J connectivity index is 1.75. The predicted octanol–water partition coefficient (Wildman–Crippen LogP) is 3.79. The van der Waals surface area contributed by atoms with E-state index in [2.05, 4.69) is 27.1 Å². The van der Waals surface area contributed by atoms with Crippen LogP contribution < -0.4 is 16.6 Å². The summed E-state index contributed by atoms with van der Waals surface area (Å²) < 4.78 is 0. The van der Waals surface area contributed by atoms with Crippen LogP contribution in [0, 0.1) is 23.2 Å². The van der Waals surface area contributed by atoms with E-state index in [-0.39, 0.29) is 5.56 Å². The number of H-pyrrole nitrogens is 1. The Hall–Kier alpha value is -4.44. The first kappa shape index (κ1) is 20.5. The Kier molecular flexibility index (Phi) is 5.33. The number of aromatic amines is 1. The number of aromatic nitrogens is 3. The fourth-order valence-corrected chi connectivity index (χ4v) is 3.74. The average Bonchev–Trinajstić information content (AvgIpc) is 3.68. The molecule has 7 heteroatoms. The minimum Gasteiger partial charge on any atom is -0.404 e. The predicted molar refractivity (Wildman–Crippen MR) is 132 cm³/mol. The number of pyridine rings is 3. The molecule has 162 valence electrons. The molecular weight excluding hydrogens is 412 g/mol. The highest BCUT2D eigenvalue weighted by molar-refractivity contribution is 6.14. The molecule has 0 bridgehead atoms. The van der Waals surface area contributed by atoms with Crippen LogP contribution in [0.3, 0.4) is 0 Å². The van der Waals surface area contributed by atoms with Crippen molar-refractivity contribution in [2.24, 2.45) is 11.7 Å². The van der Waals surface area contributed by atoms with E-state index in [1.165, 1.54) is 12.4 Å². The van der Waals surface area contributed by atoms with Crippen molar-refractivity contribution in [3.63, 3.8) is 0 Å². The first-order valence-electron chi connectivity index (χ1n) is 10.7. The molecule has 1 saturated carbocycles. The van der Waals surface area contributed by atoms with Crippen molar-refractivity contribution < 1.29 is 0 Å². The van der Waals surface area contributed by atoms with Crippen LogP contribution in [0.5, 0.6) is 0 Å². The Bertz CT molecular complexity index is 1520. The molecule has 3 heterocycles. The molecule has 3 aromatic heterocycles. The average molecular weight is 435 g/mol. The summed E-state index contributed by atoms with van der Waals surface area (Å²) in [4.78, 5) is 25.0. The summed E-state index contributed by atoms with van der Waals surface area (Å²) in [7, 11) is 0. The smallest absolute Gasteiger partial charge is 0.258 e. The highest BCUT2D eigenvalue weighted by atomic mass is 16.1. The molecule has 0 aliphatic heterocycles. The second-order valence-corrected chi connectivity index (χ2v) is 7.96. The number of hydrogen-bond donors (Lipinski definition) is 4. The van der Waals surface area contributed by atoms with E-state index in [0.29, 0.717) is 40.3 Å². The number of nitrogens with zero attached hydrogens (tertiary/aromatic N) is 2. The van der Waals surface area contributed by atoms with E-state index < -0.39 is 0 Å². The quantitative estimate of drug-likeness (QED) is 0.216. The summed E-state index contributed by atoms with van der Waals surface area (Å²) in [6, 6.07) is 11.4. The highest BCUT2D eigenvalue weighted by Crippen LogP contribution is 2.32. The molecular formula is C26H22N6O. The maximum atomic E-state index is 12.9. The molecule has 4 aromatic rings. The van der Waals surface area contributed by atoms with Crippen molar-refractivity contribution in [1.82, 2.24) is 15.0 Å². The number of hydrogen-bond acceptors (Lipinski definition) is 6. The standard InChI is InChI=1S/C26H22N6O/c27-12-19(13-28)17-8-9-21-22(11-17)23-24(18(14-31-26(23)33)7-6-16-4-5-16)32-25(21)30-15-20-3-1-2-10-29-20/h1-3,8-14,16,27H,4-5,15,28H2,(H,30,32)(H,31,33)/b19-13+,27-12?. The van der Waals surface area contributed by atoms with Gasteiger partial charge in [0.2, 0.25) is 0 Å². The molecule has 0 amide bonds. The van der Waals surface area contributed by atoms with Gasteiger partial charge < -0.3 is 21.4 Å². The fraction of sp³-hybridized carbons (Fsp3) is 0.154. The maximum absolute atomic E-state index is 12.9. The summed E-state index contributed by atoms with van der Waals surface area (Å²) in [6.45, 7) is 0.483. The molecule has 0 radical (unpaired) electrons. The lowest BCUT2D eigenvalue weighted by Gasteiger charge is -2.13. The lowest BCUT2D eigenvalue weighted by Crippen LogP contribution is -2.11. The van der Waals surface area contributed by atoms with E-state index in [9.17, 15) is 4.79 Å². The molecule has 1 fully saturated rings. The SMILES string of the molecule is N=C/C(=C\N)c1ccc2c(NCc3ccccn3)nc3c(C#CC4CC4)c[nH]c(=O)c3c2c1. The van der Waals surface area contributed by atoms with Gasteiger partial charge in [-0.15, -0.1) is 0 Å². The molecule has 1 aromatic carbocycles. The minimum atomic E-state index is -0.235. The largest absolute Gasteiger partial charge is 0.404 e. The number of anilines is 1. The number of rotatable bonds is 5. The molecule has 1 aliphatic rings. The van der Waals surface area contributed by atoms with Gasteiger partial charge in [0.05, 0.1) is 28.7 Å². The van der Waals surface area contributed by atoms with Crippen LogP contribution in [0.1, 0.15) is 29.7 Å². The molecule has 0 unspecified atom stereocenters. The zero-order valence-corrected chi connectivity index (χ0v) is 17.9. The van der Waals surface area contributed by atoms with E-state index in [0.717, 1.165) is 34.9 Å². The first-order chi connectivity index (χ1) is 16.2. The third kappa shape index (κ3) is 4.06. The van der Waals surface area contributed by atoms with Crippen molar-refractivity contribution in [2.75, 3.05) is 5.32 Å². The number of benzene rings is 1. The Morgan fingerprint density at radius 3 is 2.88 bits per heavy atom. The van der Waals surface area contributed by atoms with Gasteiger partial charge in [-0.25, -0.2) is 4.98 Å². The zero-order valence-electron chi connectivity index (χ0n) is 17.9. The van der Waals surface area contributed by atoms with Gasteiger partial charge in [-0.2, -0.15) is 0 Å². The van der Waals surface area contributed by atoms with Gasteiger partial charge in [-0.1, -0.05) is 30.0 Å². The van der Waals surface area contributed by atoms with Crippen LogP contribution in [-0.4, -0.2) is 21.2 Å². The van der Waals surface area contributed by atoms with Crippen molar-refractivity contribution in [3.8, 4) is 11.8 Å². The van der Waals surface area contributed by atoms with Gasteiger partial charge in [0.25, 0.3) is 5.56 Å². The fourth-order valence-electron chi connectivity index (χ4n) is 3.74. The van der Waals surface area contributed by atoms with Gasteiger partial charge in [0.15, 0.2) is 0 Å². The van der Waals surface area contributed by atoms with Gasteiger partial charge in [-0.05, 0) is 36.6 Å². The molecule has 33 heavy (non-hydrogen) atoms. The van der Waals surface area contributed by atoms with Crippen molar-refractivity contribution in [1.29, 1.82) is 5.41 Å². The van der Waals surface area contributed by atoms with Crippen LogP contribution in [0.4, 0.5) is 5.82 Å². The third-order valence-electron chi connectivity index (χ3n) is 5.65. The molecule has 5 N–H and O–H groups in total. The monoisotopic (exact) mass is 434 g/mol. The lowest BCUT2D eigenvalue weighted by atomic mass is 9.99. The first-order valence-corrected chi connectivity index (χ1v) is 10.7. The van der Waals surface area contributed by atoms with Gasteiger partial charge >= 0.3 is 0 Å². The molecule has 5 rings (SSSR count). The summed E-state index contributed by atoms with van der Waals surface area (Å²) >= 11 is 0. The van der Waals surface area contributed by atoms with Crippen molar-refractivity contribution in [2.45, 2.75) is 19.4 Å². The summed E-state index contributed by atoms with van der Waals surface area (Å²) in [5.41, 5.74) is 8.90. The van der Waals surface area contributed by atoms with Crippen LogP contribution in [0.15, 0.2) is 59.8 Å². The molecule has 0 spiro atoms. The molecule has 0 saturated heterocycles. The van der Waals surface area contributed by atoms with Crippen LogP contribution in [0.25, 0.3) is 27.2 Å². The highest BCUT2D eigenvalue weighted by Gasteiger charge is 2.19. The van der Waals surface area contributed by atoms with Gasteiger partial charge in [0.1, 0.15) is 5.82 Å². The number of nitrogens with one attached hydrogen (secondary N) is 3. The second kappa shape index (κ2) is 8.60. The molecule has 1 aliphatic carbocycles. The van der Waals surface area contributed by atoms with Gasteiger partial charge in [-0.3, -0.25) is 9.78 Å².